The van der Waals surface area contributed by atoms with Crippen LogP contribution in [0.15, 0.2) is 22.8 Å². The molecule has 1 aromatic rings. The van der Waals surface area contributed by atoms with E-state index >= 15 is 0 Å². The average Bonchev–Trinajstić information content (AvgIpc) is 2.33. The SMILES string of the molecule is C[C@@H](NCCNC(=O)OC(C)(C)C)c1ccc(Br)cn1. The molecule has 0 spiro atoms. The smallest absolute Gasteiger partial charge is 0.407 e. The van der Waals surface area contributed by atoms with Gasteiger partial charge in [0.15, 0.2) is 0 Å². The molecule has 0 saturated carbocycles. The summed E-state index contributed by atoms with van der Waals surface area (Å²) in [5.41, 5.74) is 0.497. The van der Waals surface area contributed by atoms with E-state index in [1.54, 1.807) is 6.20 Å². The van der Waals surface area contributed by atoms with Crippen molar-refractivity contribution in [2.45, 2.75) is 39.3 Å². The molecular formula is C14H22BrN3O2. The largest absolute Gasteiger partial charge is 0.444 e. The molecule has 0 bridgehead atoms. The fourth-order valence-corrected chi connectivity index (χ4v) is 1.75. The summed E-state index contributed by atoms with van der Waals surface area (Å²) in [5, 5.41) is 5.99. The summed E-state index contributed by atoms with van der Waals surface area (Å²) < 4.78 is 6.11. The zero-order valence-corrected chi connectivity index (χ0v) is 14.0. The first-order valence-electron chi connectivity index (χ1n) is 6.59. The van der Waals surface area contributed by atoms with Crippen molar-refractivity contribution in [3.63, 3.8) is 0 Å². The fraction of sp³-hybridized carbons (Fsp3) is 0.571. The molecule has 0 saturated heterocycles. The average molecular weight is 344 g/mol. The molecule has 1 rings (SSSR count). The monoisotopic (exact) mass is 343 g/mol. The number of rotatable bonds is 5. The van der Waals surface area contributed by atoms with Crippen LogP contribution in [-0.4, -0.2) is 29.8 Å². The summed E-state index contributed by atoms with van der Waals surface area (Å²) in [6, 6.07) is 4.05. The van der Waals surface area contributed by atoms with E-state index in [0.29, 0.717) is 13.1 Å². The van der Waals surface area contributed by atoms with Crippen LogP contribution in [0.5, 0.6) is 0 Å². The maximum atomic E-state index is 11.4. The maximum absolute atomic E-state index is 11.4. The molecule has 2 N–H and O–H groups in total. The van der Waals surface area contributed by atoms with E-state index in [0.717, 1.165) is 10.2 Å². The van der Waals surface area contributed by atoms with Crippen LogP contribution in [0, 0.1) is 0 Å². The summed E-state index contributed by atoms with van der Waals surface area (Å²) in [6.45, 7) is 8.71. The van der Waals surface area contributed by atoms with Crippen molar-refractivity contribution in [1.82, 2.24) is 15.6 Å². The molecule has 20 heavy (non-hydrogen) atoms. The van der Waals surface area contributed by atoms with Gasteiger partial charge >= 0.3 is 6.09 Å². The van der Waals surface area contributed by atoms with Crippen LogP contribution in [0.1, 0.15) is 39.4 Å². The number of carbonyl (C=O) groups excluding carboxylic acids is 1. The summed E-state index contributed by atoms with van der Waals surface area (Å²) >= 11 is 3.35. The molecule has 6 heteroatoms. The number of alkyl carbamates (subject to hydrolysis) is 1. The summed E-state index contributed by atoms with van der Waals surface area (Å²) in [4.78, 5) is 15.8. The Morgan fingerprint density at radius 2 is 2.10 bits per heavy atom. The van der Waals surface area contributed by atoms with Crippen molar-refractivity contribution in [1.29, 1.82) is 0 Å². The van der Waals surface area contributed by atoms with Gasteiger partial charge in [0.2, 0.25) is 0 Å². The summed E-state index contributed by atoms with van der Waals surface area (Å²) in [5.74, 6) is 0. The molecule has 1 amide bonds. The van der Waals surface area contributed by atoms with Crippen LogP contribution < -0.4 is 10.6 Å². The Morgan fingerprint density at radius 3 is 2.65 bits per heavy atom. The van der Waals surface area contributed by atoms with Gasteiger partial charge in [-0.25, -0.2) is 4.79 Å². The number of hydrogen-bond donors (Lipinski definition) is 2. The van der Waals surface area contributed by atoms with Crippen molar-refractivity contribution < 1.29 is 9.53 Å². The standard InChI is InChI=1S/C14H22BrN3O2/c1-10(12-6-5-11(15)9-18-12)16-7-8-17-13(19)20-14(2,3)4/h5-6,9-10,16H,7-8H2,1-4H3,(H,17,19)/t10-/m1/s1. The Balaban J connectivity index is 2.24. The minimum absolute atomic E-state index is 0.128. The lowest BCUT2D eigenvalue weighted by molar-refractivity contribution is 0.0528. The number of nitrogens with zero attached hydrogens (tertiary/aromatic N) is 1. The van der Waals surface area contributed by atoms with Gasteiger partial charge in [0.1, 0.15) is 5.60 Å². The third-order valence-corrected chi connectivity index (χ3v) is 2.91. The molecule has 0 aliphatic rings. The first-order valence-corrected chi connectivity index (χ1v) is 7.39. The molecular weight excluding hydrogens is 322 g/mol. The normalized spacial score (nSPS) is 12.8. The van der Waals surface area contributed by atoms with E-state index in [1.807, 2.05) is 39.8 Å². The number of hydrogen-bond acceptors (Lipinski definition) is 4. The zero-order valence-electron chi connectivity index (χ0n) is 12.4. The van der Waals surface area contributed by atoms with Crippen molar-refractivity contribution in [3.05, 3.63) is 28.5 Å². The van der Waals surface area contributed by atoms with Gasteiger partial charge in [-0.15, -0.1) is 0 Å². The second-order valence-corrected chi connectivity index (χ2v) is 6.42. The molecule has 0 radical (unpaired) electrons. The Labute approximate surface area is 128 Å². The third-order valence-electron chi connectivity index (χ3n) is 2.44. The molecule has 5 nitrogen and oxygen atoms in total. The van der Waals surface area contributed by atoms with E-state index in [1.165, 1.54) is 0 Å². The van der Waals surface area contributed by atoms with Gasteiger partial charge in [-0.05, 0) is 55.8 Å². The first kappa shape index (κ1) is 16.9. The summed E-state index contributed by atoms with van der Waals surface area (Å²) in [6.07, 6.45) is 1.38. The second-order valence-electron chi connectivity index (χ2n) is 5.51. The van der Waals surface area contributed by atoms with Crippen LogP contribution in [0.4, 0.5) is 4.79 Å². The highest BCUT2D eigenvalue weighted by Crippen LogP contribution is 2.12. The lowest BCUT2D eigenvalue weighted by Crippen LogP contribution is -2.37. The van der Waals surface area contributed by atoms with Gasteiger partial charge in [-0.1, -0.05) is 0 Å². The van der Waals surface area contributed by atoms with Crippen LogP contribution in [0.3, 0.4) is 0 Å². The number of halogens is 1. The summed E-state index contributed by atoms with van der Waals surface area (Å²) in [7, 11) is 0. The Morgan fingerprint density at radius 1 is 1.40 bits per heavy atom. The maximum Gasteiger partial charge on any atom is 0.407 e. The number of carbonyl (C=O) groups is 1. The van der Waals surface area contributed by atoms with Gasteiger partial charge < -0.3 is 15.4 Å². The lowest BCUT2D eigenvalue weighted by atomic mass is 10.2. The van der Waals surface area contributed by atoms with E-state index in [-0.39, 0.29) is 6.04 Å². The van der Waals surface area contributed by atoms with E-state index in [9.17, 15) is 4.79 Å². The van der Waals surface area contributed by atoms with Gasteiger partial charge in [0.25, 0.3) is 0 Å². The topological polar surface area (TPSA) is 63.2 Å². The molecule has 0 aliphatic heterocycles. The molecule has 1 aromatic heterocycles. The van der Waals surface area contributed by atoms with Crippen LogP contribution in [0.2, 0.25) is 0 Å². The molecule has 0 fully saturated rings. The predicted molar refractivity (Wildman–Crippen MR) is 82.6 cm³/mol. The molecule has 1 heterocycles. The van der Waals surface area contributed by atoms with Gasteiger partial charge in [0, 0.05) is 29.8 Å². The Kier molecular flexibility index (Phi) is 6.42. The van der Waals surface area contributed by atoms with E-state index < -0.39 is 11.7 Å². The van der Waals surface area contributed by atoms with Crippen LogP contribution >= 0.6 is 15.9 Å². The van der Waals surface area contributed by atoms with Crippen LogP contribution in [0.25, 0.3) is 0 Å². The first-order chi connectivity index (χ1) is 9.28. The highest BCUT2D eigenvalue weighted by atomic mass is 79.9. The Bertz CT molecular complexity index is 429. The van der Waals surface area contributed by atoms with Crippen molar-refractivity contribution in [2.75, 3.05) is 13.1 Å². The molecule has 0 aromatic carbocycles. The van der Waals surface area contributed by atoms with Gasteiger partial charge in [-0.2, -0.15) is 0 Å². The van der Waals surface area contributed by atoms with Gasteiger partial charge in [-0.3, -0.25) is 4.98 Å². The minimum Gasteiger partial charge on any atom is -0.444 e. The van der Waals surface area contributed by atoms with Crippen molar-refractivity contribution >= 4 is 22.0 Å². The molecule has 0 aliphatic carbocycles. The van der Waals surface area contributed by atoms with Crippen molar-refractivity contribution in [3.8, 4) is 0 Å². The van der Waals surface area contributed by atoms with Crippen LogP contribution in [-0.2, 0) is 4.74 Å². The zero-order chi connectivity index (χ0) is 15.2. The lowest BCUT2D eigenvalue weighted by Gasteiger charge is -2.20. The minimum atomic E-state index is -0.466. The highest BCUT2D eigenvalue weighted by molar-refractivity contribution is 9.10. The molecule has 0 unspecified atom stereocenters. The number of ether oxygens (including phenoxy) is 1. The van der Waals surface area contributed by atoms with E-state index in [2.05, 4.69) is 31.5 Å². The second kappa shape index (κ2) is 7.59. The van der Waals surface area contributed by atoms with Gasteiger partial charge in [0.05, 0.1) is 5.69 Å². The van der Waals surface area contributed by atoms with E-state index in [4.69, 9.17) is 4.74 Å². The van der Waals surface area contributed by atoms with Crippen molar-refractivity contribution in [2.24, 2.45) is 0 Å². The number of aromatic nitrogens is 1. The Hall–Kier alpha value is -1.14. The number of nitrogens with one attached hydrogen (secondary N) is 2. The highest BCUT2D eigenvalue weighted by Gasteiger charge is 2.15. The fourth-order valence-electron chi connectivity index (χ4n) is 1.52. The molecule has 1 atom stereocenters. The quantitative estimate of drug-likeness (QED) is 0.806. The molecule has 112 valence electrons. The third kappa shape index (κ3) is 6.86. The predicted octanol–water partition coefficient (Wildman–Crippen LogP) is 3.02. The number of pyridine rings is 1. The number of amides is 1.